The normalized spacial score (nSPS) is 22.2. The van der Waals surface area contributed by atoms with Gasteiger partial charge in [-0.2, -0.15) is 0 Å². The molecule has 0 bridgehead atoms. The Bertz CT molecular complexity index is 1250. The van der Waals surface area contributed by atoms with E-state index in [-0.39, 0.29) is 5.41 Å². The van der Waals surface area contributed by atoms with E-state index in [0.29, 0.717) is 11.1 Å². The number of aromatic nitrogens is 1. The lowest BCUT2D eigenvalue weighted by Crippen LogP contribution is -2.31. The molecule has 1 fully saturated rings. The molecule has 2 aromatic carbocycles. The Morgan fingerprint density at radius 3 is 2.55 bits per heavy atom. The highest BCUT2D eigenvalue weighted by Gasteiger charge is 2.38. The highest BCUT2D eigenvalue weighted by atomic mass is 14.9. The average molecular weight is 388 g/mol. The summed E-state index contributed by atoms with van der Waals surface area (Å²) in [6.07, 6.45) is 6.28. The molecule has 29 heavy (non-hydrogen) atoms. The maximum atomic E-state index is 9.14. The molecular weight excluding hydrogens is 350 g/mol. The van der Waals surface area contributed by atoms with Crippen LogP contribution >= 0.6 is 0 Å². The van der Waals surface area contributed by atoms with Gasteiger partial charge in [-0.3, -0.25) is 0 Å². The number of aryl methyl sites for hydroxylation is 3. The van der Waals surface area contributed by atoms with Gasteiger partial charge < -0.3 is 0 Å². The maximum absolute atomic E-state index is 9.14. The zero-order chi connectivity index (χ0) is 24.3. The van der Waals surface area contributed by atoms with Crippen LogP contribution in [0.3, 0.4) is 0 Å². The number of hydrogen-bond acceptors (Lipinski definition) is 0. The Labute approximate surface area is 182 Å². The molecule has 1 heterocycles. The topological polar surface area (TPSA) is 3.88 Å². The molecule has 0 N–H and O–H groups in total. The predicted molar refractivity (Wildman–Crippen MR) is 121 cm³/mol. The van der Waals surface area contributed by atoms with Gasteiger partial charge in [-0.05, 0) is 78.7 Å². The monoisotopic (exact) mass is 387 g/mol. The number of rotatable bonds is 2. The summed E-state index contributed by atoms with van der Waals surface area (Å²) in [6, 6.07) is 16.0. The Morgan fingerprint density at radius 2 is 1.76 bits per heavy atom. The van der Waals surface area contributed by atoms with Crippen LogP contribution in [-0.2, 0) is 19.8 Å². The molecule has 2 aliphatic rings. The van der Waals surface area contributed by atoms with Crippen LogP contribution in [-0.4, -0.2) is 0 Å². The molecule has 1 saturated carbocycles. The lowest BCUT2D eigenvalue weighted by molar-refractivity contribution is -0.660. The maximum Gasteiger partial charge on any atom is 0.213 e. The van der Waals surface area contributed by atoms with Crippen molar-refractivity contribution in [1.29, 1.82) is 0 Å². The van der Waals surface area contributed by atoms with Gasteiger partial charge in [0, 0.05) is 24.0 Å². The zero-order valence-electron chi connectivity index (χ0n) is 22.4. The van der Waals surface area contributed by atoms with Gasteiger partial charge in [-0.25, -0.2) is 4.57 Å². The van der Waals surface area contributed by atoms with Gasteiger partial charge in [-0.15, -0.1) is 0 Å². The molecule has 1 spiro atoms. The third-order valence-electron chi connectivity index (χ3n) is 6.86. The smallest absolute Gasteiger partial charge is 0.201 e. The first-order chi connectivity index (χ1) is 16.0. The molecule has 2 aliphatic carbocycles. The van der Waals surface area contributed by atoms with Gasteiger partial charge in [0.15, 0.2) is 6.20 Å². The molecule has 0 radical (unpaired) electrons. The summed E-state index contributed by atoms with van der Waals surface area (Å²) in [4.78, 5) is 0. The van der Waals surface area contributed by atoms with Crippen LogP contribution in [0.2, 0.25) is 0 Å². The van der Waals surface area contributed by atoms with Crippen LogP contribution in [0.5, 0.6) is 0 Å². The van der Waals surface area contributed by atoms with E-state index < -0.39 is 13.2 Å². The minimum absolute atomic E-state index is 0.290. The Balaban J connectivity index is 1.69. The third-order valence-corrected chi connectivity index (χ3v) is 6.86. The first-order valence-electron chi connectivity index (χ1n) is 13.3. The standard InChI is InChI=1S/C28H32N/c1-20-9-5-6-10-25(20)27-16-26(21(2)19-29(27)3)22-11-12-23-17-28(18-24(23)15-22)13-7-4-8-14-28/h5-6,9-12,15-16,19H,4,7-8,13-14,17-18H2,1-3H3/q+1/i2D3,18D2. The van der Waals surface area contributed by atoms with E-state index in [1.54, 1.807) is 6.20 Å². The minimum atomic E-state index is -2.28. The molecule has 1 heteroatoms. The van der Waals surface area contributed by atoms with Crippen molar-refractivity contribution in [2.45, 2.75) is 58.7 Å². The summed E-state index contributed by atoms with van der Waals surface area (Å²) in [7, 11) is 1.88. The fourth-order valence-electron chi connectivity index (χ4n) is 5.26. The molecule has 0 saturated heterocycles. The van der Waals surface area contributed by atoms with Crippen molar-refractivity contribution >= 4 is 0 Å². The summed E-state index contributed by atoms with van der Waals surface area (Å²) in [5, 5.41) is 0. The van der Waals surface area contributed by atoms with Crippen LogP contribution in [0, 0.1) is 19.2 Å². The van der Waals surface area contributed by atoms with Gasteiger partial charge in [-0.1, -0.05) is 55.7 Å². The van der Waals surface area contributed by atoms with Crippen LogP contribution in [0.15, 0.2) is 54.7 Å². The van der Waals surface area contributed by atoms with Gasteiger partial charge in [0.2, 0.25) is 5.69 Å². The van der Waals surface area contributed by atoms with Gasteiger partial charge in [0.05, 0.1) is 0 Å². The van der Waals surface area contributed by atoms with Gasteiger partial charge in [0.1, 0.15) is 7.05 Å². The number of pyridine rings is 1. The number of fused-ring (bicyclic) bond motifs is 1. The second kappa shape index (κ2) is 7.13. The fourth-order valence-corrected chi connectivity index (χ4v) is 5.26. The van der Waals surface area contributed by atoms with Crippen LogP contribution < -0.4 is 4.57 Å². The van der Waals surface area contributed by atoms with E-state index in [9.17, 15) is 0 Å². The molecule has 148 valence electrons. The highest BCUT2D eigenvalue weighted by Crippen LogP contribution is 2.48. The van der Waals surface area contributed by atoms with Gasteiger partial charge >= 0.3 is 0 Å². The average Bonchev–Trinajstić information content (AvgIpc) is 3.00. The molecule has 1 nitrogen and oxygen atoms in total. The number of benzene rings is 2. The molecule has 1 aromatic heterocycles. The number of nitrogens with zero attached hydrogens (tertiary/aromatic N) is 1. The summed E-state index contributed by atoms with van der Waals surface area (Å²) >= 11 is 0. The molecule has 0 aliphatic heterocycles. The van der Waals surface area contributed by atoms with E-state index in [0.717, 1.165) is 65.6 Å². The van der Waals surface area contributed by atoms with E-state index in [2.05, 4.69) is 19.1 Å². The minimum Gasteiger partial charge on any atom is -0.201 e. The van der Waals surface area contributed by atoms with Crippen LogP contribution in [0.4, 0.5) is 0 Å². The largest absolute Gasteiger partial charge is 0.213 e. The van der Waals surface area contributed by atoms with Crippen LogP contribution in [0.1, 0.15) is 61.2 Å². The Kier molecular flexibility index (Phi) is 3.38. The number of hydrogen-bond donors (Lipinski definition) is 0. The second-order valence-corrected chi connectivity index (χ2v) is 8.93. The van der Waals surface area contributed by atoms with Gasteiger partial charge in [0.25, 0.3) is 0 Å². The second-order valence-electron chi connectivity index (χ2n) is 8.93. The highest BCUT2D eigenvalue weighted by molar-refractivity contribution is 5.73. The predicted octanol–water partition coefficient (Wildman–Crippen LogP) is 6.51. The first-order valence-corrected chi connectivity index (χ1v) is 10.8. The first kappa shape index (κ1) is 13.7. The van der Waals surface area contributed by atoms with E-state index in [1.807, 2.05) is 48.0 Å². The van der Waals surface area contributed by atoms with Crippen molar-refractivity contribution in [3.05, 3.63) is 77.0 Å². The third kappa shape index (κ3) is 3.31. The summed E-state index contributed by atoms with van der Waals surface area (Å²) in [5.41, 5.74) is 6.33. The lowest BCUT2D eigenvalue weighted by atomic mass is 9.72. The summed E-state index contributed by atoms with van der Waals surface area (Å²) in [6.45, 7) is -0.222. The van der Waals surface area contributed by atoms with Crippen molar-refractivity contribution in [3.8, 4) is 22.4 Å². The lowest BCUT2D eigenvalue weighted by Gasteiger charge is -2.33. The Morgan fingerprint density at radius 1 is 0.931 bits per heavy atom. The molecule has 3 aromatic rings. The molecule has 5 rings (SSSR count). The molecule has 0 atom stereocenters. The van der Waals surface area contributed by atoms with Crippen molar-refractivity contribution in [2.24, 2.45) is 12.5 Å². The fraction of sp³-hybridized carbons (Fsp3) is 0.393. The van der Waals surface area contributed by atoms with E-state index in [4.69, 9.17) is 6.85 Å². The molecule has 0 amide bonds. The Hall–Kier alpha value is -2.41. The molecule has 0 unspecified atom stereocenters. The van der Waals surface area contributed by atoms with Crippen molar-refractivity contribution in [2.75, 3.05) is 0 Å². The quantitative estimate of drug-likeness (QED) is 0.441. The van der Waals surface area contributed by atoms with Crippen molar-refractivity contribution in [1.82, 2.24) is 0 Å². The van der Waals surface area contributed by atoms with E-state index in [1.165, 1.54) is 6.42 Å². The summed E-state index contributed by atoms with van der Waals surface area (Å²) < 4.78 is 44.8. The zero-order valence-corrected chi connectivity index (χ0v) is 17.4. The summed E-state index contributed by atoms with van der Waals surface area (Å²) in [5.74, 6) is 0. The molecular formula is C28H32N+. The SMILES string of the molecule is [2H]C([2H])([2H])c1c[n+](C)c(-c2ccccc2C)cc1-c1ccc2c(c1)C([2H])([2H])C1(CCCCC1)C2. The van der Waals surface area contributed by atoms with E-state index >= 15 is 0 Å². The van der Waals surface area contributed by atoms with Crippen molar-refractivity contribution in [3.63, 3.8) is 0 Å². The van der Waals surface area contributed by atoms with Crippen molar-refractivity contribution < 1.29 is 11.4 Å². The van der Waals surface area contributed by atoms with Crippen LogP contribution in [0.25, 0.3) is 22.4 Å².